The van der Waals surface area contributed by atoms with Crippen LogP contribution in [0.3, 0.4) is 0 Å². The van der Waals surface area contributed by atoms with Crippen LogP contribution in [0.15, 0.2) is 24.3 Å². The molecule has 2 aliphatic rings. The Labute approximate surface area is 181 Å². The zero-order valence-corrected chi connectivity index (χ0v) is 17.4. The molecule has 1 aliphatic carbocycles. The molecule has 0 bridgehead atoms. The molecule has 1 saturated heterocycles. The molecule has 0 unspecified atom stereocenters. The molecule has 0 aromatic heterocycles. The molecule has 12 heteroatoms. The summed E-state index contributed by atoms with van der Waals surface area (Å²) >= 11 is 0. The summed E-state index contributed by atoms with van der Waals surface area (Å²) in [6.45, 7) is 5.25. The number of piperidine rings is 1. The first-order valence-electron chi connectivity index (χ1n) is 9.62. The molecule has 1 heterocycles. The van der Waals surface area contributed by atoms with Crippen LogP contribution in [0.25, 0.3) is 0 Å². The monoisotopic (exact) mass is 463 g/mol. The van der Waals surface area contributed by atoms with Crippen LogP contribution in [0.5, 0.6) is 11.5 Å². The van der Waals surface area contributed by atoms with Crippen molar-refractivity contribution < 1.29 is 52.3 Å². The minimum Gasteiger partial charge on any atom is -0.492 e. The largest absolute Gasteiger partial charge is 0.492 e. The third-order valence-electron chi connectivity index (χ3n) is 5.30. The molecule has 1 aliphatic heterocycles. The van der Waals surface area contributed by atoms with Crippen LogP contribution >= 0.6 is 0 Å². The normalized spacial score (nSPS) is 24.2. The molecule has 0 amide bonds. The zero-order chi connectivity index (χ0) is 24.3. The predicted octanol–water partition coefficient (Wildman–Crippen LogP) is 2.35. The number of likely N-dealkylation sites (tertiary alicyclic amines) is 1. The molecule has 9 nitrogen and oxygen atoms in total. The van der Waals surface area contributed by atoms with E-state index in [1.807, 2.05) is 36.9 Å². The van der Waals surface area contributed by atoms with E-state index in [-0.39, 0.29) is 25.6 Å². The minimum atomic E-state index is -5.08. The Balaban J connectivity index is 0.000000451. The summed E-state index contributed by atoms with van der Waals surface area (Å²) in [5, 5.41) is 26.0. The number of carboxylic acid groups (broad SMARTS) is 3. The topological polar surface area (TPSA) is 134 Å². The lowest BCUT2D eigenvalue weighted by Gasteiger charge is -2.19. The molecule has 2 atom stereocenters. The summed E-state index contributed by atoms with van der Waals surface area (Å²) in [6, 6.07) is 7.33. The van der Waals surface area contributed by atoms with E-state index in [9.17, 15) is 33.0 Å². The van der Waals surface area contributed by atoms with Gasteiger partial charge in [-0.1, -0.05) is 6.07 Å². The van der Waals surface area contributed by atoms with Crippen molar-refractivity contribution in [2.45, 2.75) is 32.5 Å². The third kappa shape index (κ3) is 5.42. The van der Waals surface area contributed by atoms with Gasteiger partial charge in [0.2, 0.25) is 0 Å². The summed E-state index contributed by atoms with van der Waals surface area (Å²) in [5.41, 5.74) is -2.27. The van der Waals surface area contributed by atoms with Gasteiger partial charge in [0.1, 0.15) is 18.1 Å². The summed E-state index contributed by atoms with van der Waals surface area (Å²) in [5.74, 6) is -3.39. The molecule has 3 rings (SSSR count). The number of alkyl halides is 3. The van der Waals surface area contributed by atoms with Gasteiger partial charge in [0.25, 0.3) is 0 Å². The highest BCUT2D eigenvalue weighted by Gasteiger charge is 2.80. The lowest BCUT2D eigenvalue weighted by atomic mass is 9.97. The molecule has 3 N–H and O–H groups in total. The van der Waals surface area contributed by atoms with Gasteiger partial charge in [0, 0.05) is 25.7 Å². The van der Waals surface area contributed by atoms with E-state index in [1.54, 1.807) is 6.07 Å². The number of nitrogens with zero attached hydrogens (tertiary/aromatic N) is 1. The number of hydrogen-bond acceptors (Lipinski definition) is 6. The third-order valence-corrected chi connectivity index (χ3v) is 5.30. The maximum atomic E-state index is 11.5. The predicted molar refractivity (Wildman–Crippen MR) is 103 cm³/mol. The molecule has 178 valence electrons. The zero-order valence-electron chi connectivity index (χ0n) is 17.4. The van der Waals surface area contributed by atoms with Gasteiger partial charge in [-0.25, -0.2) is 4.79 Å². The van der Waals surface area contributed by atoms with E-state index in [2.05, 4.69) is 0 Å². The highest BCUT2D eigenvalue weighted by atomic mass is 19.4. The maximum Gasteiger partial charge on any atom is 0.490 e. The number of ether oxygens (including phenoxy) is 2. The van der Waals surface area contributed by atoms with E-state index in [0.29, 0.717) is 18.9 Å². The number of hydrogen-bond donors (Lipinski definition) is 3. The van der Waals surface area contributed by atoms with E-state index < -0.39 is 34.9 Å². The van der Waals surface area contributed by atoms with Gasteiger partial charge < -0.3 is 24.8 Å². The highest BCUT2D eigenvalue weighted by molar-refractivity contribution is 5.94. The van der Waals surface area contributed by atoms with Crippen LogP contribution < -0.4 is 9.47 Å². The Kier molecular flexibility index (Phi) is 7.28. The summed E-state index contributed by atoms with van der Waals surface area (Å²) < 4.78 is 43.1. The fourth-order valence-corrected chi connectivity index (χ4v) is 3.76. The highest BCUT2D eigenvalue weighted by Crippen LogP contribution is 2.68. The van der Waals surface area contributed by atoms with Crippen molar-refractivity contribution in [1.82, 2.24) is 4.90 Å². The SMILES string of the molecule is CC(C)Oc1cccc(OCCN2C[C@@]3(C(=O)O)C[C@@]3(C(=O)O)C2)c1.O=C(O)C(F)(F)F. The molecule has 1 aromatic rings. The molecule has 2 fully saturated rings. The van der Waals surface area contributed by atoms with Gasteiger partial charge in [-0.15, -0.1) is 0 Å². The van der Waals surface area contributed by atoms with Crippen molar-refractivity contribution in [3.05, 3.63) is 24.3 Å². The second-order valence-electron chi connectivity index (χ2n) is 7.95. The fraction of sp³-hybridized carbons (Fsp3) is 0.550. The van der Waals surface area contributed by atoms with Crippen LogP contribution in [0.1, 0.15) is 20.3 Å². The summed E-state index contributed by atoms with van der Waals surface area (Å²) in [6.07, 6.45) is -4.79. The Hall–Kier alpha value is -3.02. The van der Waals surface area contributed by atoms with Crippen molar-refractivity contribution in [2.75, 3.05) is 26.2 Å². The van der Waals surface area contributed by atoms with Gasteiger partial charge in [0.05, 0.1) is 16.9 Å². The number of rotatable bonds is 8. The number of fused-ring (bicyclic) bond motifs is 1. The lowest BCUT2D eigenvalue weighted by molar-refractivity contribution is -0.192. The number of carboxylic acids is 3. The molecule has 1 saturated carbocycles. The molecular weight excluding hydrogens is 439 g/mol. The summed E-state index contributed by atoms with van der Waals surface area (Å²) in [4.78, 5) is 33.8. The quantitative estimate of drug-likeness (QED) is 0.531. The smallest absolute Gasteiger partial charge is 0.490 e. The van der Waals surface area contributed by atoms with Gasteiger partial charge >= 0.3 is 24.1 Å². The number of carbonyl (C=O) groups is 3. The van der Waals surface area contributed by atoms with Crippen LogP contribution in [0.4, 0.5) is 13.2 Å². The van der Waals surface area contributed by atoms with Crippen molar-refractivity contribution in [2.24, 2.45) is 10.8 Å². The maximum absolute atomic E-state index is 11.5. The van der Waals surface area contributed by atoms with Gasteiger partial charge in [-0.05, 0) is 32.4 Å². The Morgan fingerprint density at radius 3 is 2.00 bits per heavy atom. The molecule has 1 aromatic carbocycles. The standard InChI is InChI=1S/C18H23NO6.C2HF3O2/c1-12(2)25-14-5-3-4-13(8-14)24-7-6-19-10-17(15(20)21)9-18(17,11-19)16(22)23;3-2(4,5)1(6)7/h3-5,8,12H,6-7,9-11H2,1-2H3,(H,20,21)(H,22,23);(H,6,7)/t17-,18+;. The first-order valence-corrected chi connectivity index (χ1v) is 9.62. The first kappa shape index (κ1) is 25.2. The van der Waals surface area contributed by atoms with Gasteiger partial charge in [-0.2, -0.15) is 13.2 Å². The van der Waals surface area contributed by atoms with Crippen molar-refractivity contribution >= 4 is 17.9 Å². The Morgan fingerprint density at radius 1 is 1.06 bits per heavy atom. The number of halogens is 3. The van der Waals surface area contributed by atoms with E-state index in [0.717, 1.165) is 5.75 Å². The van der Waals surface area contributed by atoms with Crippen LogP contribution in [0.2, 0.25) is 0 Å². The summed E-state index contributed by atoms with van der Waals surface area (Å²) in [7, 11) is 0. The molecule has 32 heavy (non-hydrogen) atoms. The van der Waals surface area contributed by atoms with Crippen molar-refractivity contribution in [3.63, 3.8) is 0 Å². The number of aliphatic carboxylic acids is 3. The van der Waals surface area contributed by atoms with Crippen molar-refractivity contribution in [1.29, 1.82) is 0 Å². The van der Waals surface area contributed by atoms with Gasteiger partial charge in [-0.3, -0.25) is 14.5 Å². The number of benzene rings is 1. The van der Waals surface area contributed by atoms with Crippen LogP contribution in [-0.2, 0) is 14.4 Å². The first-order chi connectivity index (χ1) is 14.7. The fourth-order valence-electron chi connectivity index (χ4n) is 3.76. The van der Waals surface area contributed by atoms with E-state index >= 15 is 0 Å². The van der Waals surface area contributed by atoms with Crippen molar-refractivity contribution in [3.8, 4) is 11.5 Å². The Bertz CT molecular complexity index is 847. The molecule has 0 spiro atoms. The van der Waals surface area contributed by atoms with E-state index in [4.69, 9.17) is 19.4 Å². The molecular formula is C20H24F3NO8. The van der Waals surface area contributed by atoms with Crippen LogP contribution in [0, 0.1) is 10.8 Å². The van der Waals surface area contributed by atoms with Crippen LogP contribution in [-0.4, -0.2) is 76.6 Å². The van der Waals surface area contributed by atoms with E-state index in [1.165, 1.54) is 0 Å². The average Bonchev–Trinajstić information content (AvgIpc) is 3.20. The average molecular weight is 463 g/mol. The molecule has 0 radical (unpaired) electrons. The minimum absolute atomic E-state index is 0.0750. The second kappa shape index (κ2) is 9.23. The Morgan fingerprint density at radius 2 is 1.56 bits per heavy atom. The van der Waals surface area contributed by atoms with Gasteiger partial charge in [0.15, 0.2) is 0 Å². The second-order valence-corrected chi connectivity index (χ2v) is 7.95. The lowest BCUT2D eigenvalue weighted by Crippen LogP contribution is -2.32.